The number of hydrogen-bond acceptors (Lipinski definition) is 4. The minimum Gasteiger partial charge on any atom is -0.465 e. The van der Waals surface area contributed by atoms with Crippen molar-refractivity contribution in [3.05, 3.63) is 52.7 Å². The van der Waals surface area contributed by atoms with E-state index in [1.807, 2.05) is 30.3 Å². The number of esters is 1. The van der Waals surface area contributed by atoms with Crippen molar-refractivity contribution in [3.8, 4) is 0 Å². The highest BCUT2D eigenvalue weighted by molar-refractivity contribution is 6.16. The van der Waals surface area contributed by atoms with Crippen LogP contribution < -0.4 is 0 Å². The second kappa shape index (κ2) is 7.01. The Balaban J connectivity index is 1.96. The molecule has 1 saturated heterocycles. The molecule has 24 heavy (non-hydrogen) atoms. The Morgan fingerprint density at radius 2 is 2.12 bits per heavy atom. The fraction of sp³-hybridized carbons (Fsp3) is 0.368. The number of benzene rings is 1. The first-order chi connectivity index (χ1) is 11.6. The summed E-state index contributed by atoms with van der Waals surface area (Å²) < 4.78 is 10.5. The Kier molecular flexibility index (Phi) is 4.81. The molecule has 0 aliphatic carbocycles. The lowest BCUT2D eigenvalue weighted by Crippen LogP contribution is -2.33. The van der Waals surface area contributed by atoms with Crippen LogP contribution in [0.1, 0.15) is 25.3 Å². The van der Waals surface area contributed by atoms with E-state index in [1.54, 1.807) is 17.9 Å². The molecule has 1 unspecified atom stereocenters. The molecule has 2 aliphatic heterocycles. The third-order valence-corrected chi connectivity index (χ3v) is 4.42. The minimum atomic E-state index is -0.488. The van der Waals surface area contributed by atoms with Crippen molar-refractivity contribution in [3.63, 3.8) is 0 Å². The van der Waals surface area contributed by atoms with Crippen molar-refractivity contribution >= 4 is 18.0 Å². The van der Waals surface area contributed by atoms with Crippen molar-refractivity contribution in [1.82, 2.24) is 4.90 Å². The van der Waals surface area contributed by atoms with Crippen LogP contribution in [-0.4, -0.2) is 43.1 Å². The normalized spacial score (nSPS) is 22.6. The molecule has 1 aromatic rings. The van der Waals surface area contributed by atoms with E-state index in [2.05, 4.69) is 0 Å². The average Bonchev–Trinajstić information content (AvgIpc) is 3.19. The molecule has 1 aromatic carbocycles. The van der Waals surface area contributed by atoms with Crippen LogP contribution >= 0.6 is 0 Å². The Labute approximate surface area is 141 Å². The van der Waals surface area contributed by atoms with Crippen LogP contribution in [0.4, 0.5) is 0 Å². The first kappa shape index (κ1) is 16.5. The number of carbonyl (C=O) groups is 2. The van der Waals surface area contributed by atoms with Gasteiger partial charge < -0.3 is 14.4 Å². The SMILES string of the molecule is COC(=O)C1=C(C)N(CC2CCCO2)C(=O)C1=Cc1ccccc1. The maximum Gasteiger partial charge on any atom is 0.340 e. The molecule has 2 aliphatic rings. The molecule has 0 N–H and O–H groups in total. The van der Waals surface area contributed by atoms with Crippen molar-refractivity contribution in [2.75, 3.05) is 20.3 Å². The summed E-state index contributed by atoms with van der Waals surface area (Å²) in [5, 5.41) is 0. The largest absolute Gasteiger partial charge is 0.465 e. The summed E-state index contributed by atoms with van der Waals surface area (Å²) in [6.07, 6.45) is 3.71. The van der Waals surface area contributed by atoms with Gasteiger partial charge in [0, 0.05) is 12.3 Å². The summed E-state index contributed by atoms with van der Waals surface area (Å²) in [7, 11) is 1.33. The first-order valence-electron chi connectivity index (χ1n) is 8.11. The second-order valence-corrected chi connectivity index (χ2v) is 5.97. The average molecular weight is 327 g/mol. The van der Waals surface area contributed by atoms with E-state index in [0.29, 0.717) is 23.4 Å². The molecule has 5 heteroatoms. The van der Waals surface area contributed by atoms with Crippen LogP contribution in [0.5, 0.6) is 0 Å². The standard InChI is InChI=1S/C19H21NO4/c1-13-17(19(22)23-2)16(11-14-7-4-3-5-8-14)18(21)20(13)12-15-9-6-10-24-15/h3-5,7-8,11,15H,6,9-10,12H2,1-2H3. The smallest absolute Gasteiger partial charge is 0.340 e. The Morgan fingerprint density at radius 1 is 1.38 bits per heavy atom. The lowest BCUT2D eigenvalue weighted by molar-refractivity contribution is -0.136. The Morgan fingerprint density at radius 3 is 2.75 bits per heavy atom. The number of amides is 1. The molecule has 3 rings (SSSR count). The molecule has 0 bridgehead atoms. The number of ether oxygens (including phenoxy) is 2. The molecular weight excluding hydrogens is 306 g/mol. The fourth-order valence-corrected chi connectivity index (χ4v) is 3.16. The summed E-state index contributed by atoms with van der Waals surface area (Å²) in [4.78, 5) is 26.7. The van der Waals surface area contributed by atoms with Gasteiger partial charge in [0.15, 0.2) is 0 Å². The first-order valence-corrected chi connectivity index (χ1v) is 8.11. The molecular formula is C19H21NO4. The molecule has 0 saturated carbocycles. The van der Waals surface area contributed by atoms with Gasteiger partial charge in [-0.25, -0.2) is 4.79 Å². The van der Waals surface area contributed by atoms with Crippen molar-refractivity contribution in [2.45, 2.75) is 25.9 Å². The lowest BCUT2D eigenvalue weighted by Gasteiger charge is -2.21. The number of nitrogens with zero attached hydrogens (tertiary/aromatic N) is 1. The summed E-state index contributed by atoms with van der Waals surface area (Å²) in [6, 6.07) is 9.49. The van der Waals surface area contributed by atoms with Gasteiger partial charge in [-0.05, 0) is 31.4 Å². The minimum absolute atomic E-state index is 0.0267. The zero-order valence-electron chi connectivity index (χ0n) is 14.0. The van der Waals surface area contributed by atoms with Gasteiger partial charge in [-0.1, -0.05) is 30.3 Å². The van der Waals surface area contributed by atoms with E-state index in [0.717, 1.165) is 25.0 Å². The zero-order chi connectivity index (χ0) is 17.1. The molecule has 0 spiro atoms. The molecule has 1 amide bonds. The molecule has 1 atom stereocenters. The van der Waals surface area contributed by atoms with Crippen LogP contribution in [0, 0.1) is 0 Å². The topological polar surface area (TPSA) is 55.8 Å². The number of carbonyl (C=O) groups excluding carboxylic acids is 2. The van der Waals surface area contributed by atoms with Crippen LogP contribution in [-0.2, 0) is 19.1 Å². The van der Waals surface area contributed by atoms with E-state index in [9.17, 15) is 9.59 Å². The van der Waals surface area contributed by atoms with Crippen molar-refractivity contribution < 1.29 is 19.1 Å². The predicted octanol–water partition coefficient (Wildman–Crippen LogP) is 2.54. The van der Waals surface area contributed by atoms with E-state index < -0.39 is 5.97 Å². The van der Waals surface area contributed by atoms with Crippen LogP contribution in [0.15, 0.2) is 47.2 Å². The van der Waals surface area contributed by atoms with Crippen molar-refractivity contribution in [2.24, 2.45) is 0 Å². The van der Waals surface area contributed by atoms with Gasteiger partial charge in [0.1, 0.15) is 0 Å². The highest BCUT2D eigenvalue weighted by atomic mass is 16.5. The third kappa shape index (κ3) is 3.12. The predicted molar refractivity (Wildman–Crippen MR) is 89.8 cm³/mol. The monoisotopic (exact) mass is 327 g/mol. The van der Waals surface area contributed by atoms with Gasteiger partial charge in [-0.15, -0.1) is 0 Å². The van der Waals surface area contributed by atoms with Gasteiger partial charge >= 0.3 is 5.97 Å². The highest BCUT2D eigenvalue weighted by Crippen LogP contribution is 2.32. The molecule has 0 radical (unpaired) electrons. The zero-order valence-corrected chi connectivity index (χ0v) is 14.0. The van der Waals surface area contributed by atoms with Gasteiger partial charge in [0.25, 0.3) is 5.91 Å². The van der Waals surface area contributed by atoms with Crippen LogP contribution in [0.3, 0.4) is 0 Å². The third-order valence-electron chi connectivity index (χ3n) is 4.42. The van der Waals surface area contributed by atoms with E-state index in [-0.39, 0.29) is 12.0 Å². The van der Waals surface area contributed by atoms with Gasteiger partial charge in [0.2, 0.25) is 0 Å². The molecule has 5 nitrogen and oxygen atoms in total. The summed E-state index contributed by atoms with van der Waals surface area (Å²) in [6.45, 7) is 2.98. The lowest BCUT2D eigenvalue weighted by atomic mass is 10.0. The Bertz CT molecular complexity index is 699. The van der Waals surface area contributed by atoms with E-state index >= 15 is 0 Å². The maximum atomic E-state index is 12.9. The van der Waals surface area contributed by atoms with Gasteiger partial charge in [0.05, 0.1) is 30.9 Å². The highest BCUT2D eigenvalue weighted by Gasteiger charge is 2.38. The maximum absolute atomic E-state index is 12.9. The molecule has 0 aromatic heterocycles. The van der Waals surface area contributed by atoms with Gasteiger partial charge in [-0.3, -0.25) is 4.79 Å². The van der Waals surface area contributed by atoms with Gasteiger partial charge in [-0.2, -0.15) is 0 Å². The molecule has 2 heterocycles. The summed E-state index contributed by atoms with van der Waals surface area (Å²) in [5.74, 6) is -0.662. The summed E-state index contributed by atoms with van der Waals surface area (Å²) >= 11 is 0. The quantitative estimate of drug-likeness (QED) is 0.630. The fourth-order valence-electron chi connectivity index (χ4n) is 3.16. The second-order valence-electron chi connectivity index (χ2n) is 5.97. The Hall–Kier alpha value is -2.40. The molecule has 1 fully saturated rings. The number of methoxy groups -OCH3 is 1. The van der Waals surface area contributed by atoms with Crippen LogP contribution in [0.2, 0.25) is 0 Å². The van der Waals surface area contributed by atoms with E-state index in [1.165, 1.54) is 7.11 Å². The number of hydrogen-bond donors (Lipinski definition) is 0. The molecule has 126 valence electrons. The van der Waals surface area contributed by atoms with Crippen LogP contribution in [0.25, 0.3) is 6.08 Å². The summed E-state index contributed by atoms with van der Waals surface area (Å²) in [5.41, 5.74) is 2.21. The van der Waals surface area contributed by atoms with Crippen molar-refractivity contribution in [1.29, 1.82) is 0 Å². The number of rotatable bonds is 4. The number of allylic oxidation sites excluding steroid dienone is 1. The van der Waals surface area contributed by atoms with E-state index in [4.69, 9.17) is 9.47 Å².